The van der Waals surface area contributed by atoms with Crippen molar-refractivity contribution >= 4 is 17.7 Å². The van der Waals surface area contributed by atoms with Crippen LogP contribution >= 0.6 is 0 Å². The lowest BCUT2D eigenvalue weighted by molar-refractivity contribution is -0.398. The number of hydrogen-bond donors (Lipinski definition) is 2. The van der Waals surface area contributed by atoms with Gasteiger partial charge in [-0.05, 0) is 44.2 Å². The number of amides is 2. The van der Waals surface area contributed by atoms with Crippen LogP contribution in [0.2, 0.25) is 0 Å². The highest BCUT2D eigenvalue weighted by molar-refractivity contribution is 5.95. The Kier molecular flexibility index (Phi) is 5.39. The first-order chi connectivity index (χ1) is 13.3. The van der Waals surface area contributed by atoms with Gasteiger partial charge in [0.1, 0.15) is 11.9 Å². The van der Waals surface area contributed by atoms with Crippen molar-refractivity contribution in [1.29, 1.82) is 0 Å². The lowest BCUT2D eigenvalue weighted by atomic mass is 9.94. The van der Waals surface area contributed by atoms with Gasteiger partial charge in [-0.3, -0.25) is 10.1 Å². The number of nitrogens with zero attached hydrogens (tertiary/aromatic N) is 1. The van der Waals surface area contributed by atoms with Crippen LogP contribution in [0.3, 0.4) is 0 Å². The Balaban J connectivity index is 2.03. The molecule has 1 atom stereocenters. The number of methoxy groups -OCH3 is 1. The molecule has 1 heterocycles. The van der Waals surface area contributed by atoms with Gasteiger partial charge in [0.15, 0.2) is 0 Å². The normalized spacial score (nSPS) is 19.8. The average molecular weight is 390 g/mol. The molecule has 10 heteroatoms. The van der Waals surface area contributed by atoms with Crippen LogP contribution in [0.4, 0.5) is 10.5 Å². The summed E-state index contributed by atoms with van der Waals surface area (Å²) in [6.07, 6.45) is 3.30. The fourth-order valence-electron chi connectivity index (χ4n) is 3.50. The second-order valence-corrected chi connectivity index (χ2v) is 6.71. The first-order valence-electron chi connectivity index (χ1n) is 8.84. The Labute approximate surface area is 160 Å². The van der Waals surface area contributed by atoms with E-state index in [4.69, 9.17) is 9.47 Å². The number of benzene rings is 1. The van der Waals surface area contributed by atoms with E-state index in [1.165, 1.54) is 13.2 Å². The standard InChI is InChI=1S/C18H21N3O7/c1-9-14(17(23)28-11-5-3-4-6-11)15(20-18(24)19-9)10-7-12(21(25)26)16(22)13(8-10)27-2/h7-8,11,15,22H,3-6H2,1-2H3,(H2,19,20,24)/p-1. The Morgan fingerprint density at radius 1 is 1.29 bits per heavy atom. The molecule has 1 saturated carbocycles. The molecule has 2 aliphatic rings. The predicted octanol–water partition coefficient (Wildman–Crippen LogP) is 1.79. The third-order valence-corrected chi connectivity index (χ3v) is 4.87. The molecule has 10 nitrogen and oxygen atoms in total. The topological polar surface area (TPSA) is 143 Å². The summed E-state index contributed by atoms with van der Waals surface area (Å²) in [7, 11) is 1.21. The van der Waals surface area contributed by atoms with Gasteiger partial charge in [-0.25, -0.2) is 9.59 Å². The van der Waals surface area contributed by atoms with Crippen LogP contribution in [0.25, 0.3) is 0 Å². The van der Waals surface area contributed by atoms with Crippen LogP contribution < -0.4 is 20.5 Å². The van der Waals surface area contributed by atoms with E-state index in [-0.39, 0.29) is 28.7 Å². The molecular weight excluding hydrogens is 370 g/mol. The number of ether oxygens (including phenoxy) is 2. The molecule has 150 valence electrons. The van der Waals surface area contributed by atoms with Crippen molar-refractivity contribution in [3.63, 3.8) is 0 Å². The molecule has 1 aromatic rings. The molecule has 0 radical (unpaired) electrons. The highest BCUT2D eigenvalue weighted by Gasteiger charge is 2.35. The van der Waals surface area contributed by atoms with Gasteiger partial charge in [-0.1, -0.05) is 0 Å². The maximum Gasteiger partial charge on any atom is 0.338 e. The summed E-state index contributed by atoms with van der Waals surface area (Å²) in [6.45, 7) is 1.55. The van der Waals surface area contributed by atoms with E-state index in [2.05, 4.69) is 10.6 Å². The lowest BCUT2D eigenvalue weighted by Crippen LogP contribution is -2.45. The summed E-state index contributed by atoms with van der Waals surface area (Å²) in [5.74, 6) is -1.75. The molecule has 0 spiro atoms. The van der Waals surface area contributed by atoms with Crippen molar-refractivity contribution in [3.8, 4) is 11.5 Å². The molecule has 1 aliphatic carbocycles. The van der Waals surface area contributed by atoms with Crippen molar-refractivity contribution in [1.82, 2.24) is 10.6 Å². The summed E-state index contributed by atoms with van der Waals surface area (Å²) in [5, 5.41) is 28.4. The van der Waals surface area contributed by atoms with Crippen molar-refractivity contribution < 1.29 is 29.1 Å². The summed E-state index contributed by atoms with van der Waals surface area (Å²) in [6, 6.07) is 0.725. The molecule has 1 aromatic carbocycles. The molecule has 0 saturated heterocycles. The number of esters is 1. The number of hydrogen-bond acceptors (Lipinski definition) is 7. The zero-order chi connectivity index (χ0) is 20.4. The zero-order valence-electron chi connectivity index (χ0n) is 15.4. The Morgan fingerprint density at radius 2 is 1.96 bits per heavy atom. The molecule has 2 N–H and O–H groups in total. The van der Waals surface area contributed by atoms with Crippen LogP contribution in [0, 0.1) is 10.1 Å². The zero-order valence-corrected chi connectivity index (χ0v) is 15.4. The van der Waals surface area contributed by atoms with Gasteiger partial charge in [0.25, 0.3) is 5.69 Å². The van der Waals surface area contributed by atoms with Crippen molar-refractivity contribution in [2.45, 2.75) is 44.8 Å². The van der Waals surface area contributed by atoms with Crippen molar-refractivity contribution in [2.75, 3.05) is 7.11 Å². The van der Waals surface area contributed by atoms with Gasteiger partial charge < -0.3 is 25.2 Å². The number of nitro groups is 1. The minimum absolute atomic E-state index is 0.126. The van der Waals surface area contributed by atoms with Gasteiger partial charge in [-0.2, -0.15) is 0 Å². The smallest absolute Gasteiger partial charge is 0.338 e. The Morgan fingerprint density at radius 3 is 2.57 bits per heavy atom. The summed E-state index contributed by atoms with van der Waals surface area (Å²) in [5.41, 5.74) is -0.120. The maximum atomic E-state index is 12.8. The number of carbonyl (C=O) groups is 2. The fourth-order valence-corrected chi connectivity index (χ4v) is 3.50. The minimum Gasteiger partial charge on any atom is -0.865 e. The Bertz CT molecular complexity index is 859. The summed E-state index contributed by atoms with van der Waals surface area (Å²) >= 11 is 0. The number of rotatable bonds is 5. The second kappa shape index (κ2) is 7.75. The fraction of sp³-hybridized carbons (Fsp3) is 0.444. The van der Waals surface area contributed by atoms with Crippen molar-refractivity contribution in [2.24, 2.45) is 0 Å². The van der Waals surface area contributed by atoms with Gasteiger partial charge in [-0.15, -0.1) is 0 Å². The van der Waals surface area contributed by atoms with Gasteiger partial charge in [0.05, 0.1) is 23.6 Å². The monoisotopic (exact) mass is 390 g/mol. The molecular formula is C18H20N3O7-. The molecule has 2 amide bonds. The first-order valence-corrected chi connectivity index (χ1v) is 8.84. The van der Waals surface area contributed by atoms with Gasteiger partial charge >= 0.3 is 12.0 Å². The SMILES string of the molecule is COc1cc(C2NC(=O)NC(C)=C2C(=O)OC2CCCC2)cc([N+](=O)[O-])c1[O-]. The first kappa shape index (κ1) is 19.5. The van der Waals surface area contributed by atoms with Crippen LogP contribution in [0.15, 0.2) is 23.4 Å². The Hall–Kier alpha value is -3.30. The summed E-state index contributed by atoms with van der Waals surface area (Å²) < 4.78 is 10.5. The van der Waals surface area contributed by atoms with E-state index in [0.717, 1.165) is 31.7 Å². The number of allylic oxidation sites excluding steroid dienone is 1. The number of carbonyl (C=O) groups excluding carboxylic acids is 2. The van der Waals surface area contributed by atoms with Crippen LogP contribution in [-0.2, 0) is 9.53 Å². The third-order valence-electron chi connectivity index (χ3n) is 4.87. The summed E-state index contributed by atoms with van der Waals surface area (Å²) in [4.78, 5) is 35.2. The minimum atomic E-state index is -1.02. The van der Waals surface area contributed by atoms with Crippen LogP contribution in [-0.4, -0.2) is 30.1 Å². The van der Waals surface area contributed by atoms with E-state index in [1.54, 1.807) is 6.92 Å². The molecule has 0 aromatic heterocycles. The van der Waals surface area contributed by atoms with E-state index >= 15 is 0 Å². The molecule has 3 rings (SSSR count). The number of urea groups is 1. The van der Waals surface area contributed by atoms with Crippen LogP contribution in [0.1, 0.15) is 44.2 Å². The van der Waals surface area contributed by atoms with E-state index in [9.17, 15) is 24.8 Å². The molecule has 28 heavy (non-hydrogen) atoms. The maximum absolute atomic E-state index is 12.8. The third kappa shape index (κ3) is 3.71. The quantitative estimate of drug-likeness (QED) is 0.443. The highest BCUT2D eigenvalue weighted by atomic mass is 16.6. The number of nitrogens with one attached hydrogen (secondary N) is 2. The average Bonchev–Trinajstić information content (AvgIpc) is 3.13. The van der Waals surface area contributed by atoms with Gasteiger partial charge in [0, 0.05) is 17.5 Å². The van der Waals surface area contributed by atoms with Gasteiger partial charge in [0.2, 0.25) is 0 Å². The molecule has 0 bridgehead atoms. The lowest BCUT2D eigenvalue weighted by Gasteiger charge is -2.29. The largest absolute Gasteiger partial charge is 0.865 e. The molecule has 1 aliphatic heterocycles. The molecule has 1 unspecified atom stereocenters. The predicted molar refractivity (Wildman–Crippen MR) is 94.6 cm³/mol. The van der Waals surface area contributed by atoms with Crippen molar-refractivity contribution in [3.05, 3.63) is 39.1 Å². The molecule has 1 fully saturated rings. The van der Waals surface area contributed by atoms with E-state index in [1.807, 2.05) is 0 Å². The number of nitro benzene ring substituents is 1. The van der Waals surface area contributed by atoms with E-state index in [0.29, 0.717) is 0 Å². The second-order valence-electron chi connectivity index (χ2n) is 6.71. The van der Waals surface area contributed by atoms with E-state index < -0.39 is 34.4 Å². The highest BCUT2D eigenvalue weighted by Crippen LogP contribution is 2.39. The van der Waals surface area contributed by atoms with Crippen LogP contribution in [0.5, 0.6) is 11.5 Å².